The minimum absolute atomic E-state index is 0.0919. The predicted octanol–water partition coefficient (Wildman–Crippen LogP) is 2.69. The molecule has 0 bridgehead atoms. The fourth-order valence-electron chi connectivity index (χ4n) is 1.87. The fourth-order valence-corrected chi connectivity index (χ4v) is 1.87. The number of nitrogens with zero attached hydrogens (tertiary/aromatic N) is 2. The Morgan fingerprint density at radius 3 is 2.62 bits per heavy atom. The molecule has 0 fully saturated rings. The first-order valence-electron chi connectivity index (χ1n) is 6.90. The Bertz CT molecular complexity index is 497. The Labute approximate surface area is 123 Å². The summed E-state index contributed by atoms with van der Waals surface area (Å²) in [4.78, 5) is 11.9. The van der Waals surface area contributed by atoms with Crippen molar-refractivity contribution in [2.24, 2.45) is 0 Å². The van der Waals surface area contributed by atoms with E-state index >= 15 is 0 Å². The van der Waals surface area contributed by atoms with Crippen LogP contribution in [0.3, 0.4) is 0 Å². The SMILES string of the molecule is CCC(C)N(C)CCNCc1cc([N+](=O)[O-])c(F)cc1F. The van der Waals surface area contributed by atoms with Crippen molar-refractivity contribution in [3.8, 4) is 0 Å². The summed E-state index contributed by atoms with van der Waals surface area (Å²) in [7, 11) is 2.00. The molecule has 1 N–H and O–H groups in total. The van der Waals surface area contributed by atoms with Gasteiger partial charge in [0.2, 0.25) is 5.82 Å². The molecule has 21 heavy (non-hydrogen) atoms. The zero-order valence-corrected chi connectivity index (χ0v) is 12.5. The highest BCUT2D eigenvalue weighted by molar-refractivity contribution is 5.37. The molecule has 1 unspecified atom stereocenters. The van der Waals surface area contributed by atoms with Crippen molar-refractivity contribution in [1.29, 1.82) is 0 Å². The van der Waals surface area contributed by atoms with Gasteiger partial charge in [0.25, 0.3) is 0 Å². The molecule has 0 amide bonds. The second-order valence-corrected chi connectivity index (χ2v) is 5.07. The summed E-state index contributed by atoms with van der Waals surface area (Å²) in [5.74, 6) is -1.93. The highest BCUT2D eigenvalue weighted by atomic mass is 19.1. The van der Waals surface area contributed by atoms with Crippen LogP contribution in [0.1, 0.15) is 25.8 Å². The first kappa shape index (κ1) is 17.5. The second kappa shape index (κ2) is 7.99. The van der Waals surface area contributed by atoms with E-state index in [1.54, 1.807) is 0 Å². The van der Waals surface area contributed by atoms with Gasteiger partial charge in [-0.1, -0.05) is 6.92 Å². The van der Waals surface area contributed by atoms with Gasteiger partial charge in [-0.05, 0) is 20.4 Å². The molecule has 0 aromatic heterocycles. The standard InChI is InChI=1S/C14H21F2N3O2/c1-4-10(2)18(3)6-5-17-9-11-7-14(19(20)21)13(16)8-12(11)15/h7-8,10,17H,4-6,9H2,1-3H3. The molecule has 0 aliphatic carbocycles. The molecule has 1 aromatic rings. The summed E-state index contributed by atoms with van der Waals surface area (Å²) in [5, 5.41) is 13.6. The monoisotopic (exact) mass is 301 g/mol. The van der Waals surface area contributed by atoms with Gasteiger partial charge < -0.3 is 10.2 Å². The van der Waals surface area contributed by atoms with E-state index in [4.69, 9.17) is 0 Å². The van der Waals surface area contributed by atoms with E-state index in [0.29, 0.717) is 18.7 Å². The Morgan fingerprint density at radius 2 is 2.05 bits per heavy atom. The van der Waals surface area contributed by atoms with Crippen molar-refractivity contribution in [2.75, 3.05) is 20.1 Å². The van der Waals surface area contributed by atoms with Crippen LogP contribution in [-0.4, -0.2) is 36.0 Å². The number of nitro groups is 1. The first-order chi connectivity index (χ1) is 9.86. The van der Waals surface area contributed by atoms with Gasteiger partial charge >= 0.3 is 5.69 Å². The summed E-state index contributed by atoms with van der Waals surface area (Å²) in [6.07, 6.45) is 1.04. The number of halogens is 2. The van der Waals surface area contributed by atoms with E-state index in [9.17, 15) is 18.9 Å². The fraction of sp³-hybridized carbons (Fsp3) is 0.571. The zero-order valence-electron chi connectivity index (χ0n) is 12.5. The number of nitro benzene ring substituents is 1. The van der Waals surface area contributed by atoms with E-state index in [2.05, 4.69) is 24.1 Å². The van der Waals surface area contributed by atoms with Crippen LogP contribution in [0.2, 0.25) is 0 Å². The minimum Gasteiger partial charge on any atom is -0.311 e. The lowest BCUT2D eigenvalue weighted by molar-refractivity contribution is -0.387. The maximum absolute atomic E-state index is 13.5. The lowest BCUT2D eigenvalue weighted by Crippen LogP contribution is -2.34. The van der Waals surface area contributed by atoms with E-state index in [1.165, 1.54) is 0 Å². The van der Waals surface area contributed by atoms with E-state index in [0.717, 1.165) is 19.0 Å². The third-order valence-corrected chi connectivity index (χ3v) is 3.61. The van der Waals surface area contributed by atoms with E-state index < -0.39 is 22.2 Å². The molecule has 5 nitrogen and oxygen atoms in total. The van der Waals surface area contributed by atoms with Crippen molar-refractivity contribution in [3.63, 3.8) is 0 Å². The number of benzene rings is 1. The van der Waals surface area contributed by atoms with Crippen molar-refractivity contribution >= 4 is 5.69 Å². The van der Waals surface area contributed by atoms with Gasteiger partial charge in [0.05, 0.1) is 4.92 Å². The normalized spacial score (nSPS) is 12.7. The van der Waals surface area contributed by atoms with Crippen LogP contribution in [0.15, 0.2) is 12.1 Å². The molecule has 0 saturated heterocycles. The topological polar surface area (TPSA) is 58.4 Å². The largest absolute Gasteiger partial charge is 0.311 e. The Balaban J connectivity index is 2.56. The van der Waals surface area contributed by atoms with Crippen molar-refractivity contribution in [2.45, 2.75) is 32.9 Å². The van der Waals surface area contributed by atoms with Gasteiger partial charge in [0.1, 0.15) is 5.82 Å². The summed E-state index contributed by atoms with van der Waals surface area (Å²) in [6, 6.07) is 1.95. The summed E-state index contributed by atoms with van der Waals surface area (Å²) in [6.45, 7) is 5.73. The van der Waals surface area contributed by atoms with Crippen LogP contribution in [0.25, 0.3) is 0 Å². The van der Waals surface area contributed by atoms with Crippen LogP contribution in [0.5, 0.6) is 0 Å². The molecule has 0 heterocycles. The average Bonchev–Trinajstić information content (AvgIpc) is 2.43. The molecular weight excluding hydrogens is 280 g/mol. The van der Waals surface area contributed by atoms with Gasteiger partial charge in [-0.3, -0.25) is 10.1 Å². The lowest BCUT2D eigenvalue weighted by atomic mass is 10.1. The van der Waals surface area contributed by atoms with Crippen LogP contribution >= 0.6 is 0 Å². The van der Waals surface area contributed by atoms with E-state index in [1.807, 2.05) is 7.05 Å². The zero-order chi connectivity index (χ0) is 16.0. The summed E-state index contributed by atoms with van der Waals surface area (Å²) >= 11 is 0. The van der Waals surface area contributed by atoms with Crippen LogP contribution in [-0.2, 0) is 6.54 Å². The Kier molecular flexibility index (Phi) is 6.64. The summed E-state index contributed by atoms with van der Waals surface area (Å²) < 4.78 is 26.7. The van der Waals surface area contributed by atoms with E-state index in [-0.39, 0.29) is 12.1 Å². The third kappa shape index (κ3) is 5.02. The molecule has 118 valence electrons. The maximum Gasteiger partial charge on any atom is 0.305 e. The van der Waals surface area contributed by atoms with Gasteiger partial charge in [-0.15, -0.1) is 0 Å². The van der Waals surface area contributed by atoms with Gasteiger partial charge in [0, 0.05) is 43.4 Å². The van der Waals surface area contributed by atoms with Crippen LogP contribution < -0.4 is 5.32 Å². The molecule has 1 aromatic carbocycles. The molecule has 7 heteroatoms. The van der Waals surface area contributed by atoms with Crippen molar-refractivity contribution in [1.82, 2.24) is 10.2 Å². The maximum atomic E-state index is 13.5. The molecule has 0 spiro atoms. The van der Waals surface area contributed by atoms with Gasteiger partial charge in [0.15, 0.2) is 0 Å². The lowest BCUT2D eigenvalue weighted by Gasteiger charge is -2.23. The number of nitrogens with one attached hydrogen (secondary N) is 1. The predicted molar refractivity (Wildman–Crippen MR) is 77.1 cm³/mol. The van der Waals surface area contributed by atoms with Gasteiger partial charge in [-0.2, -0.15) is 4.39 Å². The molecular formula is C14H21F2N3O2. The minimum atomic E-state index is -1.15. The van der Waals surface area contributed by atoms with Crippen molar-refractivity contribution in [3.05, 3.63) is 39.4 Å². The quantitative estimate of drug-likeness (QED) is 0.455. The highest BCUT2D eigenvalue weighted by Crippen LogP contribution is 2.21. The first-order valence-corrected chi connectivity index (χ1v) is 6.90. The summed E-state index contributed by atoms with van der Waals surface area (Å²) in [5.41, 5.74) is -0.612. The number of hydrogen-bond donors (Lipinski definition) is 1. The Morgan fingerprint density at radius 1 is 1.38 bits per heavy atom. The number of hydrogen-bond acceptors (Lipinski definition) is 4. The smallest absolute Gasteiger partial charge is 0.305 e. The number of rotatable bonds is 8. The number of likely N-dealkylation sites (N-methyl/N-ethyl adjacent to an activating group) is 1. The molecule has 1 atom stereocenters. The second-order valence-electron chi connectivity index (χ2n) is 5.07. The molecule has 0 radical (unpaired) electrons. The molecule has 0 saturated carbocycles. The Hall–Kier alpha value is -1.60. The van der Waals surface area contributed by atoms with Crippen LogP contribution in [0, 0.1) is 21.7 Å². The molecule has 0 aliphatic heterocycles. The molecule has 0 aliphatic rings. The third-order valence-electron chi connectivity index (χ3n) is 3.61. The average molecular weight is 301 g/mol. The highest BCUT2D eigenvalue weighted by Gasteiger charge is 2.18. The van der Waals surface area contributed by atoms with Crippen LogP contribution in [0.4, 0.5) is 14.5 Å². The van der Waals surface area contributed by atoms with Crippen molar-refractivity contribution < 1.29 is 13.7 Å². The molecule has 1 rings (SSSR count). The van der Waals surface area contributed by atoms with Gasteiger partial charge in [-0.25, -0.2) is 4.39 Å².